The first-order chi connectivity index (χ1) is 14.7. The number of benzene rings is 2. The number of nitrogens with zero attached hydrogens (tertiary/aromatic N) is 1. The minimum absolute atomic E-state index is 0.0314. The van der Waals surface area contributed by atoms with Gasteiger partial charge in [-0.25, -0.2) is 0 Å². The predicted octanol–water partition coefficient (Wildman–Crippen LogP) is 4.42. The second kappa shape index (κ2) is 8.46. The van der Waals surface area contributed by atoms with Gasteiger partial charge < -0.3 is 10.2 Å². The summed E-state index contributed by atoms with van der Waals surface area (Å²) in [5.41, 5.74) is 3.05. The van der Waals surface area contributed by atoms with Crippen molar-refractivity contribution in [2.24, 2.45) is 11.8 Å². The van der Waals surface area contributed by atoms with E-state index in [0.717, 1.165) is 24.3 Å². The van der Waals surface area contributed by atoms with Gasteiger partial charge in [-0.15, -0.1) is 11.8 Å². The Bertz CT molecular complexity index is 915. The first kappa shape index (κ1) is 19.7. The Morgan fingerprint density at radius 1 is 1.03 bits per heavy atom. The highest BCUT2D eigenvalue weighted by Gasteiger charge is 2.40. The topological polar surface area (TPSA) is 49.4 Å². The molecule has 2 amide bonds. The number of amides is 2. The first-order valence-electron chi connectivity index (χ1n) is 11.0. The van der Waals surface area contributed by atoms with Crippen LogP contribution < -0.4 is 5.32 Å². The van der Waals surface area contributed by atoms with Crippen molar-refractivity contribution in [3.05, 3.63) is 71.3 Å². The lowest BCUT2D eigenvalue weighted by molar-refractivity contribution is -0.128. The van der Waals surface area contributed by atoms with Crippen molar-refractivity contribution >= 4 is 23.6 Å². The number of rotatable bonds is 6. The molecule has 3 aliphatic rings. The lowest BCUT2D eigenvalue weighted by Crippen LogP contribution is -2.38. The summed E-state index contributed by atoms with van der Waals surface area (Å²) in [7, 11) is 0. The number of nitrogens with one attached hydrogen (secondary N) is 1. The van der Waals surface area contributed by atoms with Gasteiger partial charge in [0.1, 0.15) is 5.37 Å². The van der Waals surface area contributed by atoms with Crippen molar-refractivity contribution in [3.63, 3.8) is 0 Å². The highest BCUT2D eigenvalue weighted by Crippen LogP contribution is 2.44. The van der Waals surface area contributed by atoms with Gasteiger partial charge in [-0.2, -0.15) is 0 Å². The van der Waals surface area contributed by atoms with E-state index >= 15 is 0 Å². The standard InChI is InChI=1S/C25H28N2O2S/c28-23-16-30-25(27(23)13-12-17-4-2-1-3-5-17)20-10-8-19(9-11-20)24(29)26-22-15-18-6-7-21(22)14-18/h1-5,8-11,18,21-22,25H,6-7,12-16H2,(H,26,29)/t18-,21+,22+,25-/m1/s1. The molecule has 5 heteroatoms. The number of thioether (sulfide) groups is 1. The average Bonchev–Trinajstić information content (AvgIpc) is 3.49. The van der Waals surface area contributed by atoms with Crippen molar-refractivity contribution in [1.82, 2.24) is 10.2 Å². The maximum absolute atomic E-state index is 12.7. The number of hydrogen-bond donors (Lipinski definition) is 1. The molecule has 4 nitrogen and oxygen atoms in total. The van der Waals surface area contributed by atoms with Crippen molar-refractivity contribution in [1.29, 1.82) is 0 Å². The maximum atomic E-state index is 12.7. The van der Waals surface area contributed by atoms with Gasteiger partial charge in [0.25, 0.3) is 5.91 Å². The summed E-state index contributed by atoms with van der Waals surface area (Å²) < 4.78 is 0. The fourth-order valence-electron chi connectivity index (χ4n) is 5.34. The highest BCUT2D eigenvalue weighted by molar-refractivity contribution is 8.00. The van der Waals surface area contributed by atoms with Crippen LogP contribution in [-0.4, -0.2) is 35.1 Å². The number of carbonyl (C=O) groups excluding carboxylic acids is 2. The van der Waals surface area contributed by atoms with Gasteiger partial charge >= 0.3 is 0 Å². The Morgan fingerprint density at radius 3 is 2.53 bits per heavy atom. The lowest BCUT2D eigenvalue weighted by Gasteiger charge is -2.25. The van der Waals surface area contributed by atoms with Gasteiger partial charge in [0.15, 0.2) is 0 Å². The first-order valence-corrected chi connectivity index (χ1v) is 12.1. The Labute approximate surface area is 182 Å². The van der Waals surface area contributed by atoms with Crippen molar-refractivity contribution in [2.45, 2.75) is 43.5 Å². The molecule has 30 heavy (non-hydrogen) atoms. The molecular weight excluding hydrogens is 392 g/mol. The molecule has 1 saturated heterocycles. The molecule has 2 aliphatic carbocycles. The van der Waals surface area contributed by atoms with Crippen LogP contribution in [0.4, 0.5) is 0 Å². The van der Waals surface area contributed by atoms with Gasteiger partial charge in [0.2, 0.25) is 5.91 Å². The van der Waals surface area contributed by atoms with Gasteiger partial charge in [-0.05, 0) is 60.8 Å². The summed E-state index contributed by atoms with van der Waals surface area (Å²) in [5.74, 6) is 2.25. The molecule has 5 rings (SSSR count). The average molecular weight is 421 g/mol. The van der Waals surface area contributed by atoms with Crippen molar-refractivity contribution in [2.75, 3.05) is 12.3 Å². The van der Waals surface area contributed by atoms with E-state index in [4.69, 9.17) is 0 Å². The number of carbonyl (C=O) groups is 2. The molecule has 3 fully saturated rings. The molecule has 1 N–H and O–H groups in total. The SMILES string of the molecule is O=C(N[C@H]1C[C@@H]2CC[C@H]1C2)c1ccc([C@H]2SCC(=O)N2CCc2ccccc2)cc1. The summed E-state index contributed by atoms with van der Waals surface area (Å²) >= 11 is 1.67. The molecule has 0 unspecified atom stereocenters. The van der Waals surface area contributed by atoms with E-state index in [1.165, 1.54) is 24.8 Å². The third kappa shape index (κ3) is 4.00. The zero-order valence-corrected chi connectivity index (χ0v) is 17.9. The van der Waals surface area contributed by atoms with Crippen molar-refractivity contribution in [3.8, 4) is 0 Å². The van der Waals surface area contributed by atoms with Crippen LogP contribution in [0.3, 0.4) is 0 Å². The molecular formula is C25H28N2O2S. The number of hydrogen-bond acceptors (Lipinski definition) is 3. The molecule has 2 bridgehead atoms. The van der Waals surface area contributed by atoms with Crippen LogP contribution in [-0.2, 0) is 11.2 Å². The van der Waals surface area contributed by atoms with Gasteiger partial charge in [-0.3, -0.25) is 9.59 Å². The quantitative estimate of drug-likeness (QED) is 0.753. The minimum atomic E-state index is 0.0314. The van der Waals surface area contributed by atoms with E-state index in [9.17, 15) is 9.59 Å². The van der Waals surface area contributed by atoms with Crippen LogP contribution in [0.2, 0.25) is 0 Å². The normalized spacial score (nSPS) is 27.6. The monoisotopic (exact) mass is 420 g/mol. The third-order valence-electron chi connectivity index (χ3n) is 6.96. The molecule has 0 radical (unpaired) electrons. The van der Waals surface area contributed by atoms with E-state index in [1.54, 1.807) is 11.8 Å². The van der Waals surface area contributed by atoms with E-state index in [0.29, 0.717) is 29.8 Å². The Hall–Kier alpha value is -2.27. The summed E-state index contributed by atoms with van der Waals surface area (Å²) in [4.78, 5) is 27.1. The van der Waals surface area contributed by atoms with E-state index in [2.05, 4.69) is 17.4 Å². The fraction of sp³-hybridized carbons (Fsp3) is 0.440. The summed E-state index contributed by atoms with van der Waals surface area (Å²) in [6.07, 6.45) is 5.89. The molecule has 4 atom stereocenters. The van der Waals surface area contributed by atoms with E-state index in [-0.39, 0.29) is 17.2 Å². The largest absolute Gasteiger partial charge is 0.349 e. The van der Waals surface area contributed by atoms with Crippen LogP contribution >= 0.6 is 11.8 Å². The molecule has 1 heterocycles. The third-order valence-corrected chi connectivity index (χ3v) is 8.22. The summed E-state index contributed by atoms with van der Waals surface area (Å²) in [5, 5.41) is 3.29. The van der Waals surface area contributed by atoms with Crippen LogP contribution in [0.15, 0.2) is 54.6 Å². The van der Waals surface area contributed by atoms with Crippen LogP contribution in [0, 0.1) is 11.8 Å². The second-order valence-electron chi connectivity index (χ2n) is 8.86. The molecule has 0 aromatic heterocycles. The predicted molar refractivity (Wildman–Crippen MR) is 120 cm³/mol. The van der Waals surface area contributed by atoms with Gasteiger partial charge in [0.05, 0.1) is 5.75 Å². The minimum Gasteiger partial charge on any atom is -0.349 e. The molecule has 0 spiro atoms. The molecule has 2 saturated carbocycles. The molecule has 156 valence electrons. The number of fused-ring (bicyclic) bond motifs is 2. The molecule has 2 aromatic carbocycles. The van der Waals surface area contributed by atoms with Gasteiger partial charge in [0, 0.05) is 18.2 Å². The fourth-order valence-corrected chi connectivity index (χ4v) is 6.56. The molecule has 2 aromatic rings. The summed E-state index contributed by atoms with van der Waals surface area (Å²) in [6.45, 7) is 0.715. The van der Waals surface area contributed by atoms with Gasteiger partial charge in [-0.1, -0.05) is 48.9 Å². The zero-order valence-electron chi connectivity index (χ0n) is 17.1. The lowest BCUT2D eigenvalue weighted by atomic mass is 9.95. The van der Waals surface area contributed by atoms with Crippen LogP contribution in [0.5, 0.6) is 0 Å². The Kier molecular flexibility index (Phi) is 5.55. The maximum Gasteiger partial charge on any atom is 0.251 e. The van der Waals surface area contributed by atoms with E-state index in [1.807, 2.05) is 47.4 Å². The highest BCUT2D eigenvalue weighted by atomic mass is 32.2. The van der Waals surface area contributed by atoms with E-state index < -0.39 is 0 Å². The van der Waals surface area contributed by atoms with Crippen molar-refractivity contribution < 1.29 is 9.59 Å². The zero-order chi connectivity index (χ0) is 20.5. The Morgan fingerprint density at radius 2 is 1.83 bits per heavy atom. The summed E-state index contributed by atoms with van der Waals surface area (Å²) in [6, 6.07) is 18.5. The smallest absolute Gasteiger partial charge is 0.251 e. The Balaban J connectivity index is 1.22. The molecule has 1 aliphatic heterocycles. The van der Waals surface area contributed by atoms with Crippen LogP contribution in [0.1, 0.15) is 52.5 Å². The second-order valence-corrected chi connectivity index (χ2v) is 9.93. The van der Waals surface area contributed by atoms with Crippen LogP contribution in [0.25, 0.3) is 0 Å².